The van der Waals surface area contributed by atoms with Crippen LogP contribution in [0.2, 0.25) is 0 Å². The number of carbonyl (C=O) groups is 1. The molecule has 0 saturated heterocycles. The van der Waals surface area contributed by atoms with E-state index in [2.05, 4.69) is 9.88 Å². The first-order chi connectivity index (χ1) is 7.74. The minimum atomic E-state index is 0.684. The number of fused-ring (bicyclic) bond motifs is 1. The lowest BCUT2D eigenvalue weighted by Crippen LogP contribution is -2.21. The molecule has 0 saturated carbocycles. The number of hydrogen-bond donors (Lipinski definition) is 0. The lowest BCUT2D eigenvalue weighted by atomic mass is 10.5. The first-order valence-electron chi connectivity index (χ1n) is 4.80. The van der Waals surface area contributed by atoms with Crippen molar-refractivity contribution in [1.82, 2.24) is 4.98 Å². The van der Waals surface area contributed by atoms with Crippen molar-refractivity contribution in [3.05, 3.63) is 10.9 Å². The third-order valence-electron chi connectivity index (χ3n) is 2.17. The molecule has 0 radical (unpaired) electrons. The average Bonchev–Trinajstić information content (AvgIpc) is 2.82. The summed E-state index contributed by atoms with van der Waals surface area (Å²) in [6, 6.07) is 1.89. The van der Waals surface area contributed by atoms with E-state index in [9.17, 15) is 4.79 Å². The van der Waals surface area contributed by atoms with Crippen LogP contribution in [0.15, 0.2) is 6.07 Å². The van der Waals surface area contributed by atoms with E-state index in [-0.39, 0.29) is 0 Å². The molecule has 0 atom stereocenters. The van der Waals surface area contributed by atoms with Crippen molar-refractivity contribution in [1.29, 1.82) is 0 Å². The van der Waals surface area contributed by atoms with Crippen LogP contribution >= 0.6 is 22.7 Å². The largest absolute Gasteiger partial charge is 0.383 e. The second kappa shape index (κ2) is 4.90. The molecule has 2 aromatic heterocycles. The molecule has 0 amide bonds. The molecule has 0 spiro atoms. The number of ether oxygens (including phenoxy) is 1. The molecule has 6 heteroatoms. The van der Waals surface area contributed by atoms with Gasteiger partial charge in [0.2, 0.25) is 0 Å². The van der Waals surface area contributed by atoms with E-state index in [1.54, 1.807) is 18.4 Å². The fraction of sp³-hybridized carbons (Fsp3) is 0.400. The number of aldehydes is 1. The van der Waals surface area contributed by atoms with E-state index >= 15 is 0 Å². The highest BCUT2D eigenvalue weighted by Crippen LogP contribution is 2.33. The van der Waals surface area contributed by atoms with Crippen LogP contribution in [-0.2, 0) is 4.74 Å². The van der Waals surface area contributed by atoms with E-state index in [1.807, 2.05) is 13.1 Å². The molecule has 0 aliphatic heterocycles. The summed E-state index contributed by atoms with van der Waals surface area (Å²) >= 11 is 3.04. The molecule has 2 rings (SSSR count). The van der Waals surface area contributed by atoms with Gasteiger partial charge in [0.05, 0.1) is 16.2 Å². The number of methoxy groups -OCH3 is 1. The van der Waals surface area contributed by atoms with Gasteiger partial charge in [0, 0.05) is 20.7 Å². The third-order valence-corrected chi connectivity index (χ3v) is 4.37. The number of aromatic nitrogens is 1. The molecule has 0 N–H and O–H groups in total. The van der Waals surface area contributed by atoms with Crippen molar-refractivity contribution in [3.8, 4) is 0 Å². The van der Waals surface area contributed by atoms with E-state index in [4.69, 9.17) is 4.74 Å². The molecular formula is C10H12N2O2S2. The summed E-state index contributed by atoms with van der Waals surface area (Å²) in [5.41, 5.74) is 0. The standard InChI is InChI=1S/C10H12N2O2S2/c1-12(3-4-14-2)10-11-9-8(16-10)5-7(6-13)15-9/h5-6H,3-4H2,1-2H3. The van der Waals surface area contributed by atoms with Gasteiger partial charge in [-0.15, -0.1) is 11.3 Å². The van der Waals surface area contributed by atoms with Crippen LogP contribution in [0.3, 0.4) is 0 Å². The van der Waals surface area contributed by atoms with Crippen molar-refractivity contribution in [2.75, 3.05) is 32.2 Å². The molecule has 16 heavy (non-hydrogen) atoms. The summed E-state index contributed by atoms with van der Waals surface area (Å²) < 4.78 is 6.09. The fourth-order valence-corrected chi connectivity index (χ4v) is 3.31. The zero-order valence-electron chi connectivity index (χ0n) is 9.10. The normalized spacial score (nSPS) is 10.9. The van der Waals surface area contributed by atoms with Crippen LogP contribution < -0.4 is 4.90 Å². The smallest absolute Gasteiger partial charge is 0.187 e. The summed E-state index contributed by atoms with van der Waals surface area (Å²) in [5, 5.41) is 0.968. The fourth-order valence-electron chi connectivity index (χ4n) is 1.29. The number of likely N-dealkylation sites (N-methyl/N-ethyl adjacent to an activating group) is 1. The van der Waals surface area contributed by atoms with Gasteiger partial charge < -0.3 is 9.64 Å². The molecule has 0 aliphatic rings. The van der Waals surface area contributed by atoms with E-state index in [0.29, 0.717) is 6.61 Å². The van der Waals surface area contributed by atoms with Crippen molar-refractivity contribution in [2.45, 2.75) is 0 Å². The Morgan fingerprint density at radius 2 is 2.38 bits per heavy atom. The Hall–Kier alpha value is -0.980. The Labute approximate surface area is 101 Å². The van der Waals surface area contributed by atoms with Crippen molar-refractivity contribution in [3.63, 3.8) is 0 Å². The zero-order chi connectivity index (χ0) is 11.5. The summed E-state index contributed by atoms with van der Waals surface area (Å²) in [7, 11) is 3.67. The molecule has 0 aliphatic carbocycles. The number of thiophene rings is 1. The van der Waals surface area contributed by atoms with Crippen LogP contribution in [0, 0.1) is 0 Å². The third kappa shape index (κ3) is 2.23. The molecule has 86 valence electrons. The van der Waals surface area contributed by atoms with Gasteiger partial charge in [0.25, 0.3) is 0 Å². The molecular weight excluding hydrogens is 244 g/mol. The Kier molecular flexibility index (Phi) is 3.52. The molecule has 0 unspecified atom stereocenters. The Bertz CT molecular complexity index is 460. The van der Waals surface area contributed by atoms with Gasteiger partial charge in [-0.25, -0.2) is 4.98 Å². The Morgan fingerprint density at radius 3 is 3.00 bits per heavy atom. The van der Waals surface area contributed by atoms with Crippen molar-refractivity contribution >= 4 is 43.6 Å². The number of rotatable bonds is 5. The molecule has 0 aromatic carbocycles. The number of anilines is 1. The molecule has 2 heterocycles. The minimum absolute atomic E-state index is 0.684. The maximum Gasteiger partial charge on any atom is 0.187 e. The van der Waals surface area contributed by atoms with Gasteiger partial charge >= 0.3 is 0 Å². The summed E-state index contributed by atoms with van der Waals surface area (Å²) in [6.07, 6.45) is 0.868. The predicted molar refractivity (Wildman–Crippen MR) is 68.0 cm³/mol. The highest BCUT2D eigenvalue weighted by atomic mass is 32.1. The van der Waals surface area contributed by atoms with Gasteiger partial charge in [-0.1, -0.05) is 11.3 Å². The first-order valence-corrected chi connectivity index (χ1v) is 6.43. The van der Waals surface area contributed by atoms with Crippen LogP contribution in [0.5, 0.6) is 0 Å². The molecule has 2 aromatic rings. The SMILES string of the molecule is COCCN(C)c1nc2sc(C=O)cc2s1. The quantitative estimate of drug-likeness (QED) is 0.770. The Morgan fingerprint density at radius 1 is 1.56 bits per heavy atom. The maximum absolute atomic E-state index is 10.6. The van der Waals surface area contributed by atoms with Crippen LogP contribution in [0.4, 0.5) is 5.13 Å². The topological polar surface area (TPSA) is 42.4 Å². The van der Waals surface area contributed by atoms with Gasteiger partial charge in [-0.3, -0.25) is 4.79 Å². The number of carbonyl (C=O) groups excluding carboxylic acids is 1. The highest BCUT2D eigenvalue weighted by molar-refractivity contribution is 7.29. The lowest BCUT2D eigenvalue weighted by molar-refractivity contribution is 0.112. The van der Waals surface area contributed by atoms with Gasteiger partial charge in [-0.05, 0) is 6.07 Å². The molecule has 4 nitrogen and oxygen atoms in total. The van der Waals surface area contributed by atoms with Gasteiger partial charge in [0.1, 0.15) is 4.83 Å². The van der Waals surface area contributed by atoms with E-state index < -0.39 is 0 Å². The van der Waals surface area contributed by atoms with Crippen molar-refractivity contribution < 1.29 is 9.53 Å². The molecule has 0 fully saturated rings. The van der Waals surface area contributed by atoms with Crippen LogP contribution in [-0.4, -0.2) is 38.6 Å². The number of thiazole rings is 1. The molecule has 0 bridgehead atoms. The maximum atomic E-state index is 10.6. The lowest BCUT2D eigenvalue weighted by Gasteiger charge is -2.14. The van der Waals surface area contributed by atoms with E-state index in [1.165, 1.54) is 11.3 Å². The summed E-state index contributed by atoms with van der Waals surface area (Å²) in [4.78, 5) is 18.8. The number of nitrogens with zero attached hydrogens (tertiary/aromatic N) is 2. The van der Waals surface area contributed by atoms with Crippen molar-refractivity contribution in [2.24, 2.45) is 0 Å². The van der Waals surface area contributed by atoms with Gasteiger partial charge in [-0.2, -0.15) is 0 Å². The Balaban J connectivity index is 2.19. The second-order valence-electron chi connectivity index (χ2n) is 3.35. The first kappa shape index (κ1) is 11.5. The zero-order valence-corrected chi connectivity index (χ0v) is 10.7. The van der Waals surface area contributed by atoms with Gasteiger partial charge in [0.15, 0.2) is 11.4 Å². The monoisotopic (exact) mass is 256 g/mol. The van der Waals surface area contributed by atoms with Crippen LogP contribution in [0.1, 0.15) is 9.67 Å². The summed E-state index contributed by atoms with van der Waals surface area (Å²) in [6.45, 7) is 1.50. The predicted octanol–water partition coefficient (Wildman–Crippen LogP) is 2.25. The van der Waals surface area contributed by atoms with E-state index in [0.717, 1.165) is 32.4 Å². The minimum Gasteiger partial charge on any atom is -0.383 e. The highest BCUT2D eigenvalue weighted by Gasteiger charge is 2.11. The van der Waals surface area contributed by atoms with Crippen LogP contribution in [0.25, 0.3) is 9.53 Å². The second-order valence-corrected chi connectivity index (χ2v) is 5.42. The average molecular weight is 256 g/mol. The summed E-state index contributed by atoms with van der Waals surface area (Å²) in [5.74, 6) is 0. The number of hydrogen-bond acceptors (Lipinski definition) is 6.